The van der Waals surface area contributed by atoms with Crippen molar-refractivity contribution in [1.82, 2.24) is 0 Å². The molecule has 0 spiro atoms. The molecule has 0 amide bonds. The van der Waals surface area contributed by atoms with Crippen LogP contribution in [0.4, 0.5) is 0 Å². The maximum atomic E-state index is 12.3. The number of esters is 2. The second-order valence-corrected chi connectivity index (χ2v) is 7.40. The van der Waals surface area contributed by atoms with Crippen LogP contribution in [0.15, 0.2) is 54.6 Å². The van der Waals surface area contributed by atoms with Crippen molar-refractivity contribution in [1.29, 1.82) is 0 Å². The van der Waals surface area contributed by atoms with E-state index in [1.54, 1.807) is 54.6 Å². The van der Waals surface area contributed by atoms with Crippen LogP contribution >= 0.6 is 0 Å². The van der Waals surface area contributed by atoms with Gasteiger partial charge in [0.05, 0.1) is 14.2 Å². The molecule has 2 aromatic carbocycles. The van der Waals surface area contributed by atoms with Crippen LogP contribution in [0.2, 0.25) is 0 Å². The average Bonchev–Trinajstić information content (AvgIpc) is 2.78. The number of Topliss-reactive ketones (excluding diaryl/α,β-unsaturated/α-hetero) is 2. The van der Waals surface area contributed by atoms with Crippen molar-refractivity contribution in [2.45, 2.75) is 27.2 Å². The first-order valence-corrected chi connectivity index (χ1v) is 9.73. The lowest BCUT2D eigenvalue weighted by atomic mass is 9.84. The Morgan fingerprint density at radius 2 is 1.03 bits per heavy atom. The summed E-state index contributed by atoms with van der Waals surface area (Å²) in [6.07, 6.45) is 1.80. The van der Waals surface area contributed by atoms with Gasteiger partial charge >= 0.3 is 11.9 Å². The van der Waals surface area contributed by atoms with E-state index >= 15 is 0 Å². The lowest BCUT2D eigenvalue weighted by Gasteiger charge is -2.23. The Labute approximate surface area is 181 Å². The summed E-state index contributed by atoms with van der Waals surface area (Å²) in [4.78, 5) is 47.9. The van der Waals surface area contributed by atoms with Gasteiger partial charge in [-0.3, -0.25) is 19.2 Å². The molecule has 0 fully saturated rings. The molecule has 0 heterocycles. The Hall–Kier alpha value is -3.54. The van der Waals surface area contributed by atoms with E-state index < -0.39 is 17.4 Å². The van der Waals surface area contributed by atoms with Crippen LogP contribution in [-0.4, -0.2) is 37.7 Å². The van der Waals surface area contributed by atoms with Gasteiger partial charge in [0.15, 0.2) is 17.0 Å². The molecule has 0 bridgehead atoms. The molecule has 0 unspecified atom stereocenters. The van der Waals surface area contributed by atoms with Gasteiger partial charge in [-0.05, 0) is 43.9 Å². The van der Waals surface area contributed by atoms with Crippen LogP contribution in [0.1, 0.15) is 59.0 Å². The first kappa shape index (κ1) is 23.7. The minimum absolute atomic E-state index is 0.0323. The van der Waals surface area contributed by atoms with Crippen molar-refractivity contribution in [3.05, 3.63) is 76.9 Å². The van der Waals surface area contributed by atoms with Crippen LogP contribution in [0.5, 0.6) is 0 Å². The number of methoxy groups -OCH3 is 2. The molecule has 162 valence electrons. The zero-order valence-corrected chi connectivity index (χ0v) is 18.4. The van der Waals surface area contributed by atoms with Gasteiger partial charge in [0.25, 0.3) is 0 Å². The van der Waals surface area contributed by atoms with Gasteiger partial charge < -0.3 is 9.47 Å². The van der Waals surface area contributed by atoms with Gasteiger partial charge in [0.1, 0.15) is 0 Å². The van der Waals surface area contributed by atoms with E-state index in [1.165, 1.54) is 35.0 Å². The van der Waals surface area contributed by atoms with Crippen molar-refractivity contribution in [2.24, 2.45) is 5.41 Å². The summed E-state index contributed by atoms with van der Waals surface area (Å²) in [6, 6.07) is 14.1. The smallest absolute Gasteiger partial charge is 0.323 e. The number of hydrogen-bond donors (Lipinski definition) is 0. The third-order valence-corrected chi connectivity index (χ3v) is 5.19. The third-order valence-electron chi connectivity index (χ3n) is 5.19. The lowest BCUT2D eigenvalue weighted by molar-refractivity contribution is -0.167. The van der Waals surface area contributed by atoms with Gasteiger partial charge in [-0.15, -0.1) is 0 Å². The summed E-state index contributed by atoms with van der Waals surface area (Å²) in [5, 5.41) is 0. The van der Waals surface area contributed by atoms with E-state index in [4.69, 9.17) is 9.47 Å². The van der Waals surface area contributed by atoms with Crippen LogP contribution in [-0.2, 0) is 19.1 Å². The highest BCUT2D eigenvalue weighted by Crippen LogP contribution is 2.31. The van der Waals surface area contributed by atoms with Crippen molar-refractivity contribution >= 4 is 29.1 Å². The van der Waals surface area contributed by atoms with Crippen LogP contribution in [0.25, 0.3) is 5.57 Å². The maximum Gasteiger partial charge on any atom is 0.323 e. The molecule has 0 saturated carbocycles. The zero-order chi connectivity index (χ0) is 23.2. The Morgan fingerprint density at radius 3 is 1.32 bits per heavy atom. The van der Waals surface area contributed by atoms with E-state index in [0.717, 1.165) is 16.7 Å². The van der Waals surface area contributed by atoms with Crippen LogP contribution in [0, 0.1) is 5.41 Å². The number of allylic oxidation sites excluding steroid dienone is 1. The minimum atomic E-state index is -1.52. The number of hydrogen-bond acceptors (Lipinski definition) is 6. The number of ketones is 2. The number of carbonyl (C=O) groups excluding carboxylic acids is 4. The third kappa shape index (κ3) is 5.34. The quantitative estimate of drug-likeness (QED) is 0.359. The Balaban J connectivity index is 2.57. The monoisotopic (exact) mass is 422 g/mol. The van der Waals surface area contributed by atoms with Gasteiger partial charge in [-0.2, -0.15) is 0 Å². The molecule has 2 aromatic rings. The van der Waals surface area contributed by atoms with Gasteiger partial charge in [-0.1, -0.05) is 54.6 Å². The normalized spacial score (nSPS) is 10.7. The summed E-state index contributed by atoms with van der Waals surface area (Å²) in [6.45, 7) is 4.45. The van der Waals surface area contributed by atoms with E-state index in [9.17, 15) is 19.2 Å². The highest BCUT2D eigenvalue weighted by Gasteiger charge is 2.42. The molecule has 0 atom stereocenters. The largest absolute Gasteiger partial charge is 0.468 e. The van der Waals surface area contributed by atoms with E-state index in [2.05, 4.69) is 0 Å². The second-order valence-electron chi connectivity index (χ2n) is 7.40. The molecule has 0 aromatic heterocycles. The second kappa shape index (κ2) is 9.98. The first-order valence-electron chi connectivity index (χ1n) is 9.73. The molecular weight excluding hydrogens is 396 g/mol. The Bertz CT molecular complexity index is 937. The summed E-state index contributed by atoms with van der Waals surface area (Å²) >= 11 is 0. The van der Waals surface area contributed by atoms with Crippen molar-refractivity contribution < 1.29 is 28.7 Å². The fourth-order valence-corrected chi connectivity index (χ4v) is 3.18. The molecule has 0 saturated heterocycles. The summed E-state index contributed by atoms with van der Waals surface area (Å²) < 4.78 is 9.64. The van der Waals surface area contributed by atoms with Gasteiger partial charge in [-0.25, -0.2) is 0 Å². The Morgan fingerprint density at radius 1 is 0.710 bits per heavy atom. The fourth-order valence-electron chi connectivity index (χ4n) is 3.18. The highest BCUT2D eigenvalue weighted by atomic mass is 16.5. The van der Waals surface area contributed by atoms with E-state index in [-0.39, 0.29) is 18.0 Å². The van der Waals surface area contributed by atoms with Gasteiger partial charge in [0.2, 0.25) is 0 Å². The summed E-state index contributed by atoms with van der Waals surface area (Å²) in [5.41, 5.74) is 1.94. The van der Waals surface area contributed by atoms with Crippen molar-refractivity contribution in [3.8, 4) is 0 Å². The van der Waals surface area contributed by atoms with E-state index in [1.807, 2.05) is 0 Å². The van der Waals surface area contributed by atoms with Crippen LogP contribution < -0.4 is 0 Å². The fraction of sp³-hybridized carbons (Fsp3) is 0.280. The zero-order valence-electron chi connectivity index (χ0n) is 18.4. The minimum Gasteiger partial charge on any atom is -0.468 e. The average molecular weight is 422 g/mol. The number of ether oxygens (including phenoxy) is 2. The molecule has 0 aliphatic heterocycles. The lowest BCUT2D eigenvalue weighted by Crippen LogP contribution is -2.38. The number of carbonyl (C=O) groups is 4. The molecular formula is C25H26O6. The standard InChI is InChI=1S/C25H26O6/c1-16(26)18-6-10-20(11-7-18)22(21-12-8-19(9-13-21)17(2)27)14-15-25(3,23(28)30-4)24(29)31-5/h6-14H,15H2,1-5H3. The molecule has 0 aliphatic rings. The molecule has 2 rings (SSSR count). The van der Waals surface area contributed by atoms with Crippen LogP contribution in [0.3, 0.4) is 0 Å². The first-order chi connectivity index (χ1) is 14.6. The number of rotatable bonds is 8. The summed E-state index contributed by atoms with van der Waals surface area (Å²) in [7, 11) is 2.43. The molecule has 6 nitrogen and oxygen atoms in total. The molecule has 31 heavy (non-hydrogen) atoms. The predicted molar refractivity (Wildman–Crippen MR) is 117 cm³/mol. The van der Waals surface area contributed by atoms with Crippen molar-refractivity contribution in [3.63, 3.8) is 0 Å². The van der Waals surface area contributed by atoms with E-state index in [0.29, 0.717) is 11.1 Å². The SMILES string of the molecule is COC(=O)C(C)(CC=C(c1ccc(C(C)=O)cc1)c1ccc(C(C)=O)cc1)C(=O)OC. The molecule has 6 heteroatoms. The van der Waals surface area contributed by atoms with Gasteiger partial charge in [0, 0.05) is 11.1 Å². The molecule has 0 aliphatic carbocycles. The predicted octanol–water partition coefficient (Wildman–Crippen LogP) is 4.27. The topological polar surface area (TPSA) is 86.7 Å². The Kier molecular flexibility index (Phi) is 7.64. The van der Waals surface area contributed by atoms with Crippen molar-refractivity contribution in [2.75, 3.05) is 14.2 Å². The summed E-state index contributed by atoms with van der Waals surface area (Å²) in [5.74, 6) is -1.50. The molecule has 0 N–H and O–H groups in total. The molecule has 0 radical (unpaired) electrons. The highest BCUT2D eigenvalue weighted by molar-refractivity contribution is 6.00. The number of benzene rings is 2. The maximum absolute atomic E-state index is 12.3.